The summed E-state index contributed by atoms with van der Waals surface area (Å²) in [6.07, 6.45) is 0. The van der Waals surface area contributed by atoms with Crippen LogP contribution >= 0.6 is 0 Å². The molecular formula is C12H9FN2O5S. The molecule has 0 aliphatic carbocycles. The minimum atomic E-state index is -4.32. The number of phenolic OH excluding ortho intramolecular Hbond substituents is 1. The Balaban J connectivity index is 2.41. The quantitative estimate of drug-likeness (QED) is 0.511. The Morgan fingerprint density at radius 1 is 1.14 bits per heavy atom. The number of phenols is 1. The van der Waals surface area contributed by atoms with Gasteiger partial charge in [0.1, 0.15) is 16.5 Å². The van der Waals surface area contributed by atoms with Crippen LogP contribution in [0.5, 0.6) is 5.75 Å². The van der Waals surface area contributed by atoms with E-state index in [4.69, 9.17) is 5.11 Å². The lowest BCUT2D eigenvalue weighted by molar-refractivity contribution is -0.385. The number of halogens is 1. The second kappa shape index (κ2) is 5.37. The van der Waals surface area contributed by atoms with Crippen molar-refractivity contribution in [2.24, 2.45) is 0 Å². The minimum Gasteiger partial charge on any atom is -0.508 e. The Bertz CT molecular complexity index is 790. The first-order valence-electron chi connectivity index (χ1n) is 5.55. The highest BCUT2D eigenvalue weighted by atomic mass is 32.2. The Kier molecular flexibility index (Phi) is 3.76. The Morgan fingerprint density at radius 3 is 2.33 bits per heavy atom. The highest BCUT2D eigenvalue weighted by Gasteiger charge is 2.22. The van der Waals surface area contributed by atoms with Gasteiger partial charge in [-0.15, -0.1) is 0 Å². The third-order valence-electron chi connectivity index (χ3n) is 2.53. The molecule has 2 rings (SSSR count). The second-order valence-corrected chi connectivity index (χ2v) is 5.68. The lowest BCUT2D eigenvalue weighted by atomic mass is 10.3. The lowest BCUT2D eigenvalue weighted by Gasteiger charge is -2.08. The van der Waals surface area contributed by atoms with Gasteiger partial charge < -0.3 is 5.11 Å². The normalized spacial score (nSPS) is 11.1. The van der Waals surface area contributed by atoms with Gasteiger partial charge in [0, 0.05) is 17.8 Å². The fourth-order valence-electron chi connectivity index (χ4n) is 1.55. The van der Waals surface area contributed by atoms with Crippen LogP contribution in [0.1, 0.15) is 0 Å². The molecule has 0 spiro atoms. The van der Waals surface area contributed by atoms with Crippen LogP contribution in [0.3, 0.4) is 0 Å². The number of nitrogens with zero attached hydrogens (tertiary/aromatic N) is 1. The molecule has 0 saturated heterocycles. The Hall–Kier alpha value is -2.68. The summed E-state index contributed by atoms with van der Waals surface area (Å²) in [6, 6.07) is 7.23. The molecule has 2 N–H and O–H groups in total. The van der Waals surface area contributed by atoms with Crippen LogP contribution in [0.2, 0.25) is 0 Å². The molecule has 0 amide bonds. The number of nitrogens with one attached hydrogen (secondary N) is 1. The van der Waals surface area contributed by atoms with E-state index in [9.17, 15) is 22.9 Å². The molecule has 0 aromatic heterocycles. The molecule has 7 nitrogen and oxygen atoms in total. The number of sulfonamides is 1. The van der Waals surface area contributed by atoms with Crippen LogP contribution in [0.25, 0.3) is 0 Å². The molecule has 0 heterocycles. The number of nitro groups is 1. The molecule has 21 heavy (non-hydrogen) atoms. The van der Waals surface area contributed by atoms with Crippen molar-refractivity contribution in [1.82, 2.24) is 0 Å². The zero-order valence-corrected chi connectivity index (χ0v) is 11.2. The first-order chi connectivity index (χ1) is 9.79. The summed E-state index contributed by atoms with van der Waals surface area (Å²) < 4.78 is 39.8. The number of hydrogen-bond donors (Lipinski definition) is 2. The molecule has 9 heteroatoms. The number of non-ortho nitro benzene ring substituents is 1. The fourth-order valence-corrected chi connectivity index (χ4v) is 2.71. The van der Waals surface area contributed by atoms with Crippen LogP contribution in [0.15, 0.2) is 47.4 Å². The van der Waals surface area contributed by atoms with Gasteiger partial charge in [0.05, 0.1) is 4.92 Å². The average molecular weight is 312 g/mol. The van der Waals surface area contributed by atoms with Crippen molar-refractivity contribution >= 4 is 21.4 Å². The van der Waals surface area contributed by atoms with E-state index in [1.165, 1.54) is 24.3 Å². The Morgan fingerprint density at radius 2 is 1.76 bits per heavy atom. The molecule has 0 fully saturated rings. The summed E-state index contributed by atoms with van der Waals surface area (Å²) in [6.45, 7) is 0. The zero-order valence-electron chi connectivity index (χ0n) is 10.4. The number of hydrogen-bond acceptors (Lipinski definition) is 5. The molecule has 2 aromatic carbocycles. The number of anilines is 1. The van der Waals surface area contributed by atoms with E-state index < -0.39 is 31.3 Å². The van der Waals surface area contributed by atoms with Gasteiger partial charge in [-0.3, -0.25) is 14.8 Å². The number of aromatic hydroxyl groups is 1. The molecule has 2 aromatic rings. The van der Waals surface area contributed by atoms with Crippen molar-refractivity contribution in [3.05, 3.63) is 58.4 Å². The summed E-state index contributed by atoms with van der Waals surface area (Å²) in [4.78, 5) is 8.98. The summed E-state index contributed by atoms with van der Waals surface area (Å²) >= 11 is 0. The lowest BCUT2D eigenvalue weighted by Crippen LogP contribution is -2.14. The van der Waals surface area contributed by atoms with Crippen molar-refractivity contribution in [2.75, 3.05) is 4.72 Å². The molecule has 0 aliphatic heterocycles. The first-order valence-corrected chi connectivity index (χ1v) is 7.04. The van der Waals surface area contributed by atoms with Crippen molar-refractivity contribution in [3.63, 3.8) is 0 Å². The van der Waals surface area contributed by atoms with Crippen molar-refractivity contribution in [3.8, 4) is 5.75 Å². The predicted molar refractivity (Wildman–Crippen MR) is 72.0 cm³/mol. The molecule has 0 radical (unpaired) electrons. The van der Waals surface area contributed by atoms with Crippen molar-refractivity contribution in [2.45, 2.75) is 4.90 Å². The molecule has 0 atom stereocenters. The van der Waals surface area contributed by atoms with E-state index in [0.717, 1.165) is 6.07 Å². The third-order valence-corrected chi connectivity index (χ3v) is 3.93. The van der Waals surface area contributed by atoms with Gasteiger partial charge in [0.25, 0.3) is 15.7 Å². The number of nitro benzene ring substituents is 1. The average Bonchev–Trinajstić information content (AvgIpc) is 2.41. The molecule has 0 bridgehead atoms. The van der Waals surface area contributed by atoms with E-state index in [1.807, 2.05) is 0 Å². The second-order valence-electron chi connectivity index (χ2n) is 4.02. The summed E-state index contributed by atoms with van der Waals surface area (Å²) in [5.74, 6) is -1.17. The van der Waals surface area contributed by atoms with E-state index in [0.29, 0.717) is 12.1 Å². The van der Waals surface area contributed by atoms with Crippen LogP contribution < -0.4 is 4.72 Å². The molecule has 0 aliphatic rings. The van der Waals surface area contributed by atoms with Gasteiger partial charge in [-0.25, -0.2) is 12.8 Å². The molecular weight excluding hydrogens is 303 g/mol. The highest BCUT2D eigenvalue weighted by Crippen LogP contribution is 2.24. The molecule has 0 saturated carbocycles. The van der Waals surface area contributed by atoms with Crippen LogP contribution in [0, 0.1) is 15.9 Å². The minimum absolute atomic E-state index is 0.0699. The fraction of sp³-hybridized carbons (Fsp3) is 0. The van der Waals surface area contributed by atoms with Gasteiger partial charge in [0.2, 0.25) is 0 Å². The SMILES string of the molecule is O=[N+]([O-])c1ccc(F)c(S(=O)(=O)Nc2ccc(O)cc2)c1. The van der Waals surface area contributed by atoms with E-state index in [1.54, 1.807) is 0 Å². The van der Waals surface area contributed by atoms with E-state index in [2.05, 4.69) is 4.72 Å². The van der Waals surface area contributed by atoms with Crippen LogP contribution in [-0.4, -0.2) is 18.4 Å². The highest BCUT2D eigenvalue weighted by molar-refractivity contribution is 7.92. The number of benzene rings is 2. The van der Waals surface area contributed by atoms with Gasteiger partial charge in [-0.1, -0.05) is 0 Å². The zero-order chi connectivity index (χ0) is 15.6. The van der Waals surface area contributed by atoms with Gasteiger partial charge in [0.15, 0.2) is 0 Å². The van der Waals surface area contributed by atoms with Gasteiger partial charge in [-0.05, 0) is 30.3 Å². The predicted octanol–water partition coefficient (Wildman–Crippen LogP) is 2.24. The largest absolute Gasteiger partial charge is 0.508 e. The first kappa shape index (κ1) is 14.7. The molecule has 0 unspecified atom stereocenters. The van der Waals surface area contributed by atoms with Crippen LogP contribution in [0.4, 0.5) is 15.8 Å². The van der Waals surface area contributed by atoms with E-state index in [-0.39, 0.29) is 11.4 Å². The monoisotopic (exact) mass is 312 g/mol. The number of rotatable bonds is 4. The van der Waals surface area contributed by atoms with Gasteiger partial charge in [-0.2, -0.15) is 0 Å². The Labute approximate surface area is 118 Å². The molecule has 110 valence electrons. The van der Waals surface area contributed by atoms with Crippen molar-refractivity contribution in [1.29, 1.82) is 0 Å². The maximum Gasteiger partial charge on any atom is 0.271 e. The summed E-state index contributed by atoms with van der Waals surface area (Å²) in [5, 5.41) is 19.7. The maximum absolute atomic E-state index is 13.6. The summed E-state index contributed by atoms with van der Waals surface area (Å²) in [7, 11) is -4.32. The standard InChI is InChI=1S/C12H9FN2O5S/c13-11-6-3-9(15(17)18)7-12(11)21(19,20)14-8-1-4-10(16)5-2-8/h1-7,14,16H. The maximum atomic E-state index is 13.6. The smallest absolute Gasteiger partial charge is 0.271 e. The third kappa shape index (κ3) is 3.26. The van der Waals surface area contributed by atoms with Crippen LogP contribution in [-0.2, 0) is 10.0 Å². The van der Waals surface area contributed by atoms with E-state index >= 15 is 0 Å². The van der Waals surface area contributed by atoms with Gasteiger partial charge >= 0.3 is 0 Å². The summed E-state index contributed by atoms with van der Waals surface area (Å²) in [5.41, 5.74) is -0.457. The van der Waals surface area contributed by atoms with Crippen molar-refractivity contribution < 1.29 is 22.8 Å². The topological polar surface area (TPSA) is 110 Å².